The van der Waals surface area contributed by atoms with E-state index in [0.29, 0.717) is 22.8 Å². The van der Waals surface area contributed by atoms with Crippen molar-refractivity contribution in [1.82, 2.24) is 0 Å². The Morgan fingerprint density at radius 2 is 1.81 bits per heavy atom. The Morgan fingerprint density at radius 1 is 1.19 bits per heavy atom. The summed E-state index contributed by atoms with van der Waals surface area (Å²) < 4.78 is 38.1. The first kappa shape index (κ1) is 19.5. The van der Waals surface area contributed by atoms with Gasteiger partial charge in [-0.1, -0.05) is 11.6 Å². The highest BCUT2D eigenvalue weighted by atomic mass is 35.5. The lowest BCUT2D eigenvalue weighted by Gasteiger charge is -2.16. The standard InChI is InChI=1S/C16H13ClF3N3O3/c1-9(15(24)22-12-5-3-11(17)4-6-12)21-13-7-2-10(16(18,19)20)8-14(13)23(25)26/h2-9,21H,1H3,(H,22,24)/t9-/m0/s1. The molecular weight excluding hydrogens is 375 g/mol. The first-order chi connectivity index (χ1) is 12.1. The molecule has 1 amide bonds. The summed E-state index contributed by atoms with van der Waals surface area (Å²) in [6, 6.07) is 7.37. The van der Waals surface area contributed by atoms with Crippen LogP contribution in [0.1, 0.15) is 12.5 Å². The molecule has 26 heavy (non-hydrogen) atoms. The van der Waals surface area contributed by atoms with Crippen molar-refractivity contribution >= 4 is 34.6 Å². The van der Waals surface area contributed by atoms with E-state index in [0.717, 1.165) is 6.07 Å². The van der Waals surface area contributed by atoms with E-state index >= 15 is 0 Å². The highest BCUT2D eigenvalue weighted by Gasteiger charge is 2.33. The molecule has 0 saturated carbocycles. The lowest BCUT2D eigenvalue weighted by atomic mass is 10.1. The molecule has 0 fully saturated rings. The lowest BCUT2D eigenvalue weighted by Crippen LogP contribution is -2.32. The van der Waals surface area contributed by atoms with Crippen molar-refractivity contribution < 1.29 is 22.9 Å². The second-order valence-corrected chi connectivity index (χ2v) is 5.79. The number of halogens is 4. The van der Waals surface area contributed by atoms with Crippen LogP contribution in [0.4, 0.5) is 30.2 Å². The van der Waals surface area contributed by atoms with Crippen molar-refractivity contribution in [3.05, 3.63) is 63.2 Å². The van der Waals surface area contributed by atoms with Crippen LogP contribution in [0.5, 0.6) is 0 Å². The molecule has 0 unspecified atom stereocenters. The number of anilines is 2. The molecule has 0 heterocycles. The third-order valence-electron chi connectivity index (χ3n) is 3.40. The fourth-order valence-corrected chi connectivity index (χ4v) is 2.19. The molecule has 10 heteroatoms. The molecule has 0 aliphatic carbocycles. The third kappa shape index (κ3) is 4.85. The van der Waals surface area contributed by atoms with Crippen molar-refractivity contribution in [3.8, 4) is 0 Å². The number of carbonyl (C=O) groups is 1. The Bertz CT molecular complexity index is 826. The predicted molar refractivity (Wildman–Crippen MR) is 91.3 cm³/mol. The van der Waals surface area contributed by atoms with Crippen LogP contribution in [0.15, 0.2) is 42.5 Å². The van der Waals surface area contributed by atoms with Gasteiger partial charge in [0.15, 0.2) is 0 Å². The van der Waals surface area contributed by atoms with Gasteiger partial charge in [0.2, 0.25) is 5.91 Å². The number of nitrogens with zero attached hydrogens (tertiary/aromatic N) is 1. The van der Waals surface area contributed by atoms with E-state index in [1.54, 1.807) is 24.3 Å². The number of hydrogen-bond donors (Lipinski definition) is 2. The van der Waals surface area contributed by atoms with Crippen LogP contribution >= 0.6 is 11.6 Å². The molecule has 0 aromatic heterocycles. The van der Waals surface area contributed by atoms with Gasteiger partial charge >= 0.3 is 6.18 Å². The third-order valence-corrected chi connectivity index (χ3v) is 3.65. The first-order valence-corrected chi connectivity index (χ1v) is 7.64. The molecule has 0 aliphatic rings. The summed E-state index contributed by atoms with van der Waals surface area (Å²) in [4.78, 5) is 22.3. The zero-order valence-electron chi connectivity index (χ0n) is 13.3. The molecule has 0 bridgehead atoms. The molecule has 0 saturated heterocycles. The highest BCUT2D eigenvalue weighted by molar-refractivity contribution is 6.30. The molecule has 0 aliphatic heterocycles. The van der Waals surface area contributed by atoms with Crippen molar-refractivity contribution in [2.75, 3.05) is 10.6 Å². The molecule has 0 spiro atoms. The largest absolute Gasteiger partial charge is 0.416 e. The summed E-state index contributed by atoms with van der Waals surface area (Å²) in [5.41, 5.74) is -1.66. The normalized spacial score (nSPS) is 12.3. The molecule has 2 rings (SSSR count). The number of alkyl halides is 3. The van der Waals surface area contributed by atoms with Gasteiger partial charge in [0, 0.05) is 16.8 Å². The van der Waals surface area contributed by atoms with Crippen molar-refractivity contribution in [2.24, 2.45) is 0 Å². The summed E-state index contributed by atoms with van der Waals surface area (Å²) in [6.45, 7) is 1.42. The Hall–Kier alpha value is -2.81. The second kappa shape index (κ2) is 7.61. The molecule has 2 aromatic carbocycles. The van der Waals surface area contributed by atoms with Crippen LogP contribution in [0.3, 0.4) is 0 Å². The fraction of sp³-hybridized carbons (Fsp3) is 0.188. The van der Waals surface area contributed by atoms with Crippen LogP contribution < -0.4 is 10.6 Å². The molecular formula is C16H13ClF3N3O3. The molecule has 2 aromatic rings. The maximum Gasteiger partial charge on any atom is 0.416 e. The number of amides is 1. The molecule has 6 nitrogen and oxygen atoms in total. The Kier molecular flexibility index (Phi) is 5.71. The SMILES string of the molecule is C[C@H](Nc1ccc(C(F)(F)F)cc1[N+](=O)[O-])C(=O)Nc1ccc(Cl)cc1. The van der Waals surface area contributed by atoms with Gasteiger partial charge in [-0.3, -0.25) is 14.9 Å². The van der Waals surface area contributed by atoms with Gasteiger partial charge in [0.05, 0.1) is 10.5 Å². The van der Waals surface area contributed by atoms with E-state index in [2.05, 4.69) is 10.6 Å². The van der Waals surface area contributed by atoms with E-state index in [4.69, 9.17) is 11.6 Å². The summed E-state index contributed by atoms with van der Waals surface area (Å²) in [7, 11) is 0. The smallest absolute Gasteiger partial charge is 0.368 e. The average Bonchev–Trinajstić information content (AvgIpc) is 2.56. The van der Waals surface area contributed by atoms with E-state index in [1.165, 1.54) is 6.92 Å². The van der Waals surface area contributed by atoms with Crippen LogP contribution in [0.2, 0.25) is 5.02 Å². The minimum atomic E-state index is -4.71. The minimum absolute atomic E-state index is 0.193. The predicted octanol–water partition coefficient (Wildman–Crippen LogP) is 4.71. The number of rotatable bonds is 5. The van der Waals surface area contributed by atoms with Crippen LogP contribution in [0, 0.1) is 10.1 Å². The van der Waals surface area contributed by atoms with Gasteiger partial charge in [-0.25, -0.2) is 0 Å². The second-order valence-electron chi connectivity index (χ2n) is 5.35. The average molecular weight is 388 g/mol. The van der Waals surface area contributed by atoms with Crippen molar-refractivity contribution in [1.29, 1.82) is 0 Å². The van der Waals surface area contributed by atoms with Crippen molar-refractivity contribution in [2.45, 2.75) is 19.1 Å². The van der Waals surface area contributed by atoms with Crippen LogP contribution in [0.25, 0.3) is 0 Å². The first-order valence-electron chi connectivity index (χ1n) is 7.26. The monoisotopic (exact) mass is 387 g/mol. The number of nitro groups is 1. The van der Waals surface area contributed by atoms with Gasteiger partial charge in [-0.2, -0.15) is 13.2 Å². The van der Waals surface area contributed by atoms with Crippen LogP contribution in [-0.4, -0.2) is 16.9 Å². The summed E-state index contributed by atoms with van der Waals surface area (Å²) in [6.07, 6.45) is -4.71. The number of carbonyl (C=O) groups excluding carboxylic acids is 1. The number of nitro benzene ring substituents is 1. The Morgan fingerprint density at radius 3 is 2.35 bits per heavy atom. The minimum Gasteiger partial charge on any atom is -0.368 e. The number of benzene rings is 2. The maximum absolute atomic E-state index is 12.7. The van der Waals surface area contributed by atoms with E-state index in [-0.39, 0.29) is 5.69 Å². The molecule has 0 radical (unpaired) electrons. The fourth-order valence-electron chi connectivity index (χ4n) is 2.06. The summed E-state index contributed by atoms with van der Waals surface area (Å²) in [5.74, 6) is -0.526. The summed E-state index contributed by atoms with van der Waals surface area (Å²) in [5, 5.41) is 16.7. The van der Waals surface area contributed by atoms with Crippen molar-refractivity contribution in [3.63, 3.8) is 0 Å². The van der Waals surface area contributed by atoms with Gasteiger partial charge < -0.3 is 10.6 Å². The molecule has 138 valence electrons. The summed E-state index contributed by atoms with van der Waals surface area (Å²) >= 11 is 5.74. The van der Waals surface area contributed by atoms with Gasteiger partial charge in [0.25, 0.3) is 5.69 Å². The maximum atomic E-state index is 12.7. The lowest BCUT2D eigenvalue weighted by molar-refractivity contribution is -0.384. The topological polar surface area (TPSA) is 84.3 Å². The van der Waals surface area contributed by atoms with Crippen LogP contribution in [-0.2, 0) is 11.0 Å². The van der Waals surface area contributed by atoms with E-state index < -0.39 is 34.3 Å². The number of nitrogens with one attached hydrogen (secondary N) is 2. The zero-order valence-corrected chi connectivity index (χ0v) is 14.1. The highest BCUT2D eigenvalue weighted by Crippen LogP contribution is 2.35. The Labute approximate surface area is 151 Å². The van der Waals surface area contributed by atoms with E-state index in [1.807, 2.05) is 0 Å². The quantitative estimate of drug-likeness (QED) is 0.575. The van der Waals surface area contributed by atoms with Gasteiger partial charge in [0.1, 0.15) is 11.7 Å². The molecule has 2 N–H and O–H groups in total. The zero-order chi connectivity index (χ0) is 19.5. The molecule has 1 atom stereocenters. The van der Waals surface area contributed by atoms with E-state index in [9.17, 15) is 28.1 Å². The Balaban J connectivity index is 2.17. The van der Waals surface area contributed by atoms with Gasteiger partial charge in [-0.05, 0) is 43.3 Å². The number of hydrogen-bond acceptors (Lipinski definition) is 4. The van der Waals surface area contributed by atoms with Gasteiger partial charge in [-0.15, -0.1) is 0 Å².